The van der Waals surface area contributed by atoms with Gasteiger partial charge in [0.1, 0.15) is 0 Å². The molecule has 0 amide bonds. The monoisotopic (exact) mass is 388 g/mol. The first-order chi connectivity index (χ1) is 14.0. The van der Waals surface area contributed by atoms with E-state index in [4.69, 9.17) is 14.5 Å². The molecule has 0 saturated carbocycles. The van der Waals surface area contributed by atoms with E-state index in [9.17, 15) is 9.90 Å². The third kappa shape index (κ3) is 3.33. The lowest BCUT2D eigenvalue weighted by molar-refractivity contribution is -0.254. The van der Waals surface area contributed by atoms with Crippen LogP contribution < -0.4 is 14.6 Å². The van der Waals surface area contributed by atoms with Gasteiger partial charge in [-0.1, -0.05) is 37.3 Å². The third-order valence-electron chi connectivity index (χ3n) is 5.39. The number of carbonyl (C=O) groups excluding carboxylic acids is 1. The van der Waals surface area contributed by atoms with E-state index >= 15 is 0 Å². The molecule has 0 unspecified atom stereocenters. The molecular formula is C24H22NO4-. The van der Waals surface area contributed by atoms with Crippen molar-refractivity contribution in [2.24, 2.45) is 5.92 Å². The molecule has 4 rings (SSSR count). The van der Waals surface area contributed by atoms with Crippen molar-refractivity contribution in [2.45, 2.75) is 19.8 Å². The normalized spacial score (nSPS) is 17.2. The number of para-hydroxylation sites is 2. The van der Waals surface area contributed by atoms with Crippen LogP contribution in [0.3, 0.4) is 0 Å². The minimum Gasteiger partial charge on any atom is -0.545 e. The van der Waals surface area contributed by atoms with Gasteiger partial charge in [-0.05, 0) is 48.1 Å². The molecule has 1 aromatic heterocycles. The lowest BCUT2D eigenvalue weighted by Crippen LogP contribution is -2.27. The number of fused-ring (bicyclic) bond motifs is 2. The largest absolute Gasteiger partial charge is 0.545 e. The number of rotatable bonds is 4. The highest BCUT2D eigenvalue weighted by atomic mass is 16.5. The topological polar surface area (TPSA) is 71.5 Å². The van der Waals surface area contributed by atoms with Crippen LogP contribution in [0.4, 0.5) is 0 Å². The number of allylic oxidation sites excluding steroid dienone is 1. The molecule has 1 aliphatic carbocycles. The maximum atomic E-state index is 12.0. The quantitative estimate of drug-likeness (QED) is 0.681. The Morgan fingerprint density at radius 2 is 1.90 bits per heavy atom. The van der Waals surface area contributed by atoms with Gasteiger partial charge < -0.3 is 19.4 Å². The highest BCUT2D eigenvalue weighted by Gasteiger charge is 2.26. The van der Waals surface area contributed by atoms with E-state index < -0.39 is 5.97 Å². The summed E-state index contributed by atoms with van der Waals surface area (Å²) >= 11 is 0. The number of carbonyl (C=O) groups is 1. The second-order valence-corrected chi connectivity index (χ2v) is 7.38. The number of benzene rings is 2. The van der Waals surface area contributed by atoms with Crippen molar-refractivity contribution in [3.63, 3.8) is 0 Å². The number of methoxy groups -OCH3 is 2. The molecule has 1 aliphatic rings. The fourth-order valence-corrected chi connectivity index (χ4v) is 4.18. The number of hydrogen-bond donors (Lipinski definition) is 0. The minimum absolute atomic E-state index is 0.251. The van der Waals surface area contributed by atoms with Gasteiger partial charge >= 0.3 is 0 Å². The second kappa shape index (κ2) is 7.59. The summed E-state index contributed by atoms with van der Waals surface area (Å²) in [5.41, 5.74) is 4.23. The van der Waals surface area contributed by atoms with Crippen molar-refractivity contribution in [2.75, 3.05) is 14.2 Å². The number of hydrogen-bond acceptors (Lipinski definition) is 5. The van der Waals surface area contributed by atoms with Crippen molar-refractivity contribution < 1.29 is 19.4 Å². The second-order valence-electron chi connectivity index (χ2n) is 7.38. The van der Waals surface area contributed by atoms with Gasteiger partial charge in [0.2, 0.25) is 0 Å². The molecule has 0 bridgehead atoms. The van der Waals surface area contributed by atoms with Gasteiger partial charge in [-0.15, -0.1) is 0 Å². The predicted molar refractivity (Wildman–Crippen MR) is 111 cm³/mol. The first-order valence-electron chi connectivity index (χ1n) is 9.58. The van der Waals surface area contributed by atoms with Crippen LogP contribution in [0.5, 0.6) is 11.5 Å². The van der Waals surface area contributed by atoms with Crippen molar-refractivity contribution in [1.82, 2.24) is 4.98 Å². The van der Waals surface area contributed by atoms with Gasteiger partial charge in [-0.3, -0.25) is 0 Å². The average Bonchev–Trinajstić information content (AvgIpc) is 2.71. The number of aromatic nitrogens is 1. The zero-order valence-corrected chi connectivity index (χ0v) is 16.7. The van der Waals surface area contributed by atoms with E-state index in [1.165, 1.54) is 0 Å². The van der Waals surface area contributed by atoms with E-state index in [1.807, 2.05) is 42.5 Å². The van der Waals surface area contributed by atoms with Crippen LogP contribution in [-0.2, 0) is 6.42 Å². The van der Waals surface area contributed by atoms with Crippen LogP contribution >= 0.6 is 0 Å². The molecule has 3 aromatic rings. The lowest BCUT2D eigenvalue weighted by atomic mass is 9.80. The molecule has 0 saturated heterocycles. The summed E-state index contributed by atoms with van der Waals surface area (Å²) in [5.74, 6) is 0.412. The highest BCUT2D eigenvalue weighted by molar-refractivity contribution is 6.05. The number of carboxylic acids is 1. The van der Waals surface area contributed by atoms with Crippen LogP contribution in [0.1, 0.15) is 40.5 Å². The Labute approximate surface area is 169 Å². The van der Waals surface area contributed by atoms with Gasteiger partial charge in [0.25, 0.3) is 0 Å². The predicted octanol–water partition coefficient (Wildman–Crippen LogP) is 3.74. The van der Waals surface area contributed by atoms with E-state index in [-0.39, 0.29) is 11.5 Å². The fourth-order valence-electron chi connectivity index (χ4n) is 4.18. The third-order valence-corrected chi connectivity index (χ3v) is 5.39. The van der Waals surface area contributed by atoms with Crippen LogP contribution in [-0.4, -0.2) is 25.2 Å². The lowest BCUT2D eigenvalue weighted by Gasteiger charge is -2.27. The Bertz CT molecular complexity index is 1130. The van der Waals surface area contributed by atoms with E-state index in [0.717, 1.165) is 28.8 Å². The van der Waals surface area contributed by atoms with Gasteiger partial charge in [-0.2, -0.15) is 0 Å². The molecule has 0 spiro atoms. The Morgan fingerprint density at radius 3 is 2.62 bits per heavy atom. The molecule has 1 heterocycles. The number of ether oxygens (including phenoxy) is 2. The molecule has 29 heavy (non-hydrogen) atoms. The summed E-state index contributed by atoms with van der Waals surface area (Å²) in [5, 5.41) is 12.7. The first kappa shape index (κ1) is 19.0. The fraction of sp³-hybridized carbons (Fsp3) is 0.250. The molecule has 0 aliphatic heterocycles. The van der Waals surface area contributed by atoms with Crippen molar-refractivity contribution in [3.05, 3.63) is 64.8 Å². The van der Waals surface area contributed by atoms with Crippen LogP contribution in [0.25, 0.3) is 22.6 Å². The summed E-state index contributed by atoms with van der Waals surface area (Å²) in [4.78, 5) is 16.9. The minimum atomic E-state index is -1.16. The summed E-state index contributed by atoms with van der Waals surface area (Å²) < 4.78 is 11.0. The summed E-state index contributed by atoms with van der Waals surface area (Å²) in [6, 6.07) is 13.0. The van der Waals surface area contributed by atoms with Gasteiger partial charge in [0.05, 0.1) is 31.4 Å². The molecule has 5 heteroatoms. The maximum absolute atomic E-state index is 12.0. The van der Waals surface area contributed by atoms with E-state index in [2.05, 4.69) is 6.92 Å². The number of carboxylic acid groups (broad SMARTS) is 1. The summed E-state index contributed by atoms with van der Waals surface area (Å²) in [6.07, 6.45) is 3.48. The molecule has 148 valence electrons. The maximum Gasteiger partial charge on any atom is 0.167 e. The molecule has 0 N–H and O–H groups in total. The van der Waals surface area contributed by atoms with Gasteiger partial charge in [-0.25, -0.2) is 4.98 Å². The Balaban J connectivity index is 1.98. The average molecular weight is 388 g/mol. The molecular weight excluding hydrogens is 366 g/mol. The van der Waals surface area contributed by atoms with Crippen molar-refractivity contribution in [3.8, 4) is 11.5 Å². The molecule has 1 atom stereocenters. The van der Waals surface area contributed by atoms with Gasteiger partial charge in [0.15, 0.2) is 11.5 Å². The zero-order valence-electron chi connectivity index (χ0n) is 16.7. The van der Waals surface area contributed by atoms with Crippen molar-refractivity contribution in [1.29, 1.82) is 0 Å². The number of nitrogens with zero attached hydrogens (tertiary/aromatic N) is 1. The van der Waals surface area contributed by atoms with Crippen LogP contribution in [0.15, 0.2) is 42.5 Å². The number of pyridine rings is 1. The van der Waals surface area contributed by atoms with Gasteiger partial charge in [0, 0.05) is 16.5 Å². The highest BCUT2D eigenvalue weighted by Crippen LogP contribution is 2.40. The molecule has 2 aromatic carbocycles. The Morgan fingerprint density at radius 1 is 1.10 bits per heavy atom. The standard InChI is InChI=1S/C24H23NO4/c1-14-11-16(13-15-7-6-10-20(28-2)23(15)29-3)22-18(12-14)21(24(26)27)17-8-4-5-9-19(17)25-22/h4-10,13-14H,11-12H2,1-3H3,(H,26,27)/p-1/b16-13+/t14-/m1/s1. The molecule has 0 radical (unpaired) electrons. The molecule has 0 fully saturated rings. The first-order valence-corrected chi connectivity index (χ1v) is 9.58. The zero-order chi connectivity index (χ0) is 20.5. The van der Waals surface area contributed by atoms with E-state index in [0.29, 0.717) is 28.8 Å². The molecule has 5 nitrogen and oxygen atoms in total. The number of aromatic carboxylic acids is 1. The Hall–Kier alpha value is -3.34. The van der Waals surface area contributed by atoms with E-state index in [1.54, 1.807) is 20.3 Å². The summed E-state index contributed by atoms with van der Waals surface area (Å²) in [6.45, 7) is 2.12. The SMILES string of the molecule is COc1cccc(/C=C2\C[C@@H](C)Cc3c2nc2ccccc2c3C(=O)[O-])c1OC. The smallest absolute Gasteiger partial charge is 0.167 e. The van der Waals surface area contributed by atoms with Crippen LogP contribution in [0, 0.1) is 5.92 Å². The Kier molecular flexibility index (Phi) is 4.97. The van der Waals surface area contributed by atoms with Crippen molar-refractivity contribution >= 4 is 28.5 Å². The summed E-state index contributed by atoms with van der Waals surface area (Å²) in [7, 11) is 3.21. The van der Waals surface area contributed by atoms with Crippen LogP contribution in [0.2, 0.25) is 0 Å².